The second-order valence-corrected chi connectivity index (χ2v) is 7.06. The van der Waals surface area contributed by atoms with E-state index in [1.165, 1.54) is 0 Å². The number of aliphatic carboxylic acids is 1. The zero-order chi connectivity index (χ0) is 16.1. The highest BCUT2D eigenvalue weighted by molar-refractivity contribution is 7.99. The van der Waals surface area contributed by atoms with Crippen LogP contribution in [0.3, 0.4) is 0 Å². The Morgan fingerprint density at radius 3 is 2.55 bits per heavy atom. The molecule has 6 heteroatoms. The van der Waals surface area contributed by atoms with E-state index in [2.05, 4.69) is 0 Å². The minimum Gasteiger partial charge on any atom is -0.481 e. The number of rotatable bonds is 8. The van der Waals surface area contributed by atoms with E-state index in [0.29, 0.717) is 17.3 Å². The number of hydrogen-bond acceptors (Lipinski definition) is 3. The molecule has 0 spiro atoms. The summed E-state index contributed by atoms with van der Waals surface area (Å²) in [6.07, 6.45) is 1.97. The third-order valence-corrected chi connectivity index (χ3v) is 4.85. The molecule has 1 unspecified atom stereocenters. The summed E-state index contributed by atoms with van der Waals surface area (Å²) in [5.41, 5.74) is 1.12. The van der Waals surface area contributed by atoms with Gasteiger partial charge in [0.05, 0.1) is 11.7 Å². The lowest BCUT2D eigenvalue weighted by molar-refractivity contribution is -0.142. The van der Waals surface area contributed by atoms with Crippen LogP contribution in [0.4, 0.5) is 0 Å². The number of halogens is 1. The quantitative estimate of drug-likeness (QED) is 0.788. The highest BCUT2D eigenvalue weighted by Crippen LogP contribution is 2.28. The Labute approximate surface area is 139 Å². The normalized spacial score (nSPS) is 15.4. The average Bonchev–Trinajstić information content (AvgIpc) is 3.30. The fraction of sp³-hybridized carbons (Fsp3) is 0.500. The molecule has 0 aromatic heterocycles. The maximum absolute atomic E-state index is 12.3. The molecule has 120 valence electrons. The Balaban J connectivity index is 1.81. The number of nitrogens with zero attached hydrogens (tertiary/aromatic N) is 1. The molecule has 1 N–H and O–H groups in total. The summed E-state index contributed by atoms with van der Waals surface area (Å²) >= 11 is 7.39. The summed E-state index contributed by atoms with van der Waals surface area (Å²) in [4.78, 5) is 25.0. The molecular weight excluding hydrogens is 322 g/mol. The lowest BCUT2D eigenvalue weighted by atomic mass is 10.1. The maximum atomic E-state index is 12.3. The molecule has 0 radical (unpaired) electrons. The van der Waals surface area contributed by atoms with Gasteiger partial charge >= 0.3 is 5.97 Å². The average molecular weight is 342 g/mol. The molecule has 0 heterocycles. The van der Waals surface area contributed by atoms with Crippen molar-refractivity contribution in [2.75, 3.05) is 12.3 Å². The van der Waals surface area contributed by atoms with Gasteiger partial charge in [-0.1, -0.05) is 30.7 Å². The third kappa shape index (κ3) is 5.21. The van der Waals surface area contributed by atoms with Gasteiger partial charge in [0.25, 0.3) is 0 Å². The molecule has 1 saturated carbocycles. The Kier molecular flexibility index (Phi) is 6.15. The smallest absolute Gasteiger partial charge is 0.308 e. The van der Waals surface area contributed by atoms with E-state index in [-0.39, 0.29) is 11.9 Å². The highest BCUT2D eigenvalue weighted by Gasteiger charge is 2.34. The molecule has 1 aromatic rings. The van der Waals surface area contributed by atoms with Gasteiger partial charge in [-0.05, 0) is 30.5 Å². The summed E-state index contributed by atoms with van der Waals surface area (Å²) in [5, 5.41) is 9.71. The van der Waals surface area contributed by atoms with Crippen molar-refractivity contribution in [3.05, 3.63) is 34.9 Å². The van der Waals surface area contributed by atoms with Crippen LogP contribution in [0.25, 0.3) is 0 Å². The van der Waals surface area contributed by atoms with Gasteiger partial charge in [0, 0.05) is 23.4 Å². The van der Waals surface area contributed by atoms with Gasteiger partial charge in [-0.2, -0.15) is 0 Å². The summed E-state index contributed by atoms with van der Waals surface area (Å²) in [5.74, 6) is -0.214. The SMILES string of the molecule is CC(CN(C(=O)CSCc1ccc(Cl)cc1)C1CC1)C(=O)O. The first-order valence-electron chi connectivity index (χ1n) is 7.32. The summed E-state index contributed by atoms with van der Waals surface area (Å²) < 4.78 is 0. The molecule has 1 atom stereocenters. The van der Waals surface area contributed by atoms with Crippen molar-refractivity contribution in [2.45, 2.75) is 31.6 Å². The van der Waals surface area contributed by atoms with Crippen molar-refractivity contribution in [3.8, 4) is 0 Å². The van der Waals surface area contributed by atoms with Crippen LogP contribution in [0, 0.1) is 5.92 Å². The minimum atomic E-state index is -0.854. The zero-order valence-corrected chi connectivity index (χ0v) is 14.1. The topological polar surface area (TPSA) is 57.6 Å². The number of thioether (sulfide) groups is 1. The largest absolute Gasteiger partial charge is 0.481 e. The van der Waals surface area contributed by atoms with E-state index < -0.39 is 11.9 Å². The number of carboxylic acid groups (broad SMARTS) is 1. The number of benzene rings is 1. The van der Waals surface area contributed by atoms with Gasteiger partial charge in [-0.15, -0.1) is 11.8 Å². The van der Waals surface area contributed by atoms with E-state index in [1.807, 2.05) is 24.3 Å². The molecule has 0 bridgehead atoms. The van der Waals surface area contributed by atoms with Gasteiger partial charge in [-0.25, -0.2) is 0 Å². The van der Waals surface area contributed by atoms with Crippen LogP contribution in [0.1, 0.15) is 25.3 Å². The van der Waals surface area contributed by atoms with E-state index >= 15 is 0 Å². The van der Waals surface area contributed by atoms with Gasteiger partial charge in [0.15, 0.2) is 0 Å². The minimum absolute atomic E-state index is 0.0366. The number of amides is 1. The van der Waals surface area contributed by atoms with Crippen molar-refractivity contribution >= 4 is 35.2 Å². The van der Waals surface area contributed by atoms with Crippen LogP contribution in [0.5, 0.6) is 0 Å². The van der Waals surface area contributed by atoms with Crippen LogP contribution in [-0.4, -0.2) is 40.2 Å². The maximum Gasteiger partial charge on any atom is 0.308 e. The fourth-order valence-electron chi connectivity index (χ4n) is 2.13. The standard InChI is InChI=1S/C16H20ClNO3S/c1-11(16(20)21)8-18(14-6-7-14)15(19)10-22-9-12-2-4-13(17)5-3-12/h2-5,11,14H,6-10H2,1H3,(H,20,21). The van der Waals surface area contributed by atoms with Gasteiger partial charge in [0.2, 0.25) is 5.91 Å². The molecule has 1 aromatic carbocycles. The van der Waals surface area contributed by atoms with Gasteiger partial charge in [0.1, 0.15) is 0 Å². The lowest BCUT2D eigenvalue weighted by Crippen LogP contribution is -2.39. The molecule has 2 rings (SSSR count). The number of carboxylic acids is 1. The molecular formula is C16H20ClNO3S. The Morgan fingerprint density at radius 2 is 2.00 bits per heavy atom. The number of carbonyl (C=O) groups is 2. The van der Waals surface area contributed by atoms with Crippen LogP contribution in [-0.2, 0) is 15.3 Å². The van der Waals surface area contributed by atoms with Crippen molar-refractivity contribution < 1.29 is 14.7 Å². The Hall–Kier alpha value is -1.20. The summed E-state index contributed by atoms with van der Waals surface area (Å²) in [6, 6.07) is 7.82. The molecule has 1 aliphatic rings. The van der Waals surface area contributed by atoms with Crippen molar-refractivity contribution in [3.63, 3.8) is 0 Å². The first kappa shape index (κ1) is 17.2. The predicted molar refractivity (Wildman–Crippen MR) is 89.1 cm³/mol. The van der Waals surface area contributed by atoms with Crippen molar-refractivity contribution in [1.29, 1.82) is 0 Å². The molecule has 1 amide bonds. The molecule has 22 heavy (non-hydrogen) atoms. The molecule has 0 saturated heterocycles. The second-order valence-electron chi connectivity index (χ2n) is 5.64. The second kappa shape index (κ2) is 7.88. The monoisotopic (exact) mass is 341 g/mol. The van der Waals surface area contributed by atoms with Crippen LogP contribution in [0.2, 0.25) is 5.02 Å². The predicted octanol–water partition coefficient (Wildman–Crippen LogP) is 3.28. The fourth-order valence-corrected chi connectivity index (χ4v) is 3.13. The third-order valence-electron chi connectivity index (χ3n) is 3.61. The molecule has 0 aliphatic heterocycles. The van der Waals surface area contributed by atoms with Crippen molar-refractivity contribution in [1.82, 2.24) is 4.90 Å². The Morgan fingerprint density at radius 1 is 1.36 bits per heavy atom. The van der Waals surface area contributed by atoms with E-state index in [1.54, 1.807) is 23.6 Å². The van der Waals surface area contributed by atoms with Gasteiger partial charge in [-0.3, -0.25) is 9.59 Å². The van der Waals surface area contributed by atoms with Crippen molar-refractivity contribution in [2.24, 2.45) is 5.92 Å². The molecule has 1 aliphatic carbocycles. The number of hydrogen-bond donors (Lipinski definition) is 1. The Bertz CT molecular complexity index is 531. The molecule has 4 nitrogen and oxygen atoms in total. The zero-order valence-electron chi connectivity index (χ0n) is 12.5. The first-order valence-corrected chi connectivity index (χ1v) is 8.85. The first-order chi connectivity index (χ1) is 10.5. The van der Waals surface area contributed by atoms with E-state index in [4.69, 9.17) is 16.7 Å². The lowest BCUT2D eigenvalue weighted by Gasteiger charge is -2.24. The van der Waals surface area contributed by atoms with E-state index in [9.17, 15) is 9.59 Å². The number of carbonyl (C=O) groups excluding carboxylic acids is 1. The highest BCUT2D eigenvalue weighted by atomic mass is 35.5. The van der Waals surface area contributed by atoms with Gasteiger partial charge < -0.3 is 10.0 Å². The van der Waals surface area contributed by atoms with Crippen LogP contribution in [0.15, 0.2) is 24.3 Å². The van der Waals surface area contributed by atoms with Crippen LogP contribution < -0.4 is 0 Å². The van der Waals surface area contributed by atoms with E-state index in [0.717, 1.165) is 24.2 Å². The summed E-state index contributed by atoms with van der Waals surface area (Å²) in [6.45, 7) is 1.95. The van der Waals surface area contributed by atoms with Crippen LogP contribution >= 0.6 is 23.4 Å². The summed E-state index contributed by atoms with van der Waals surface area (Å²) in [7, 11) is 0. The molecule has 1 fully saturated rings.